The Hall–Kier alpha value is -1.29. The highest BCUT2D eigenvalue weighted by atomic mass is 127. The molecule has 0 saturated carbocycles. The molecule has 0 unspecified atom stereocenters. The molecule has 2 amide bonds. The first-order valence-corrected chi connectivity index (χ1v) is 13.1. The number of ketones is 1. The third kappa shape index (κ3) is 6.40. The summed E-state index contributed by atoms with van der Waals surface area (Å²) in [6, 6.07) is 8.48. The van der Waals surface area contributed by atoms with Crippen LogP contribution in [0.3, 0.4) is 0 Å². The van der Waals surface area contributed by atoms with Crippen molar-refractivity contribution in [2.45, 2.75) is 38.1 Å². The zero-order valence-corrected chi connectivity index (χ0v) is 22.9. The van der Waals surface area contributed by atoms with Gasteiger partial charge in [0.05, 0.1) is 11.1 Å². The number of amides is 2. The lowest BCUT2D eigenvalue weighted by molar-refractivity contribution is 0.0909. The molecule has 5 nitrogen and oxygen atoms in total. The van der Waals surface area contributed by atoms with Gasteiger partial charge in [-0.3, -0.25) is 14.4 Å². The fraction of sp³-hybridized carbons (Fsp3) is 0.348. The Bertz CT molecular complexity index is 1060. The Morgan fingerprint density at radius 3 is 2.31 bits per heavy atom. The highest BCUT2D eigenvalue weighted by molar-refractivity contribution is 14.1. The van der Waals surface area contributed by atoms with Gasteiger partial charge in [0, 0.05) is 26.1 Å². The van der Waals surface area contributed by atoms with E-state index in [0.717, 1.165) is 11.3 Å². The topological polar surface area (TPSA) is 75.3 Å². The third-order valence-electron chi connectivity index (χ3n) is 4.82. The molecule has 0 fully saturated rings. The summed E-state index contributed by atoms with van der Waals surface area (Å²) in [6.07, 6.45) is 1.97. The Kier molecular flexibility index (Phi) is 9.46. The Balaban J connectivity index is 2.44. The van der Waals surface area contributed by atoms with Crippen molar-refractivity contribution >= 4 is 80.8 Å². The summed E-state index contributed by atoms with van der Waals surface area (Å²) in [5.74, 6) is -0.471. The lowest BCUT2D eigenvalue weighted by Gasteiger charge is -2.26. The van der Waals surface area contributed by atoms with Gasteiger partial charge in [-0.1, -0.05) is 41.4 Å². The minimum absolute atomic E-state index is 0.248. The molecule has 2 N–H and O–H groups in total. The molecule has 0 aromatic heterocycles. The van der Waals surface area contributed by atoms with E-state index >= 15 is 0 Å². The maximum atomic E-state index is 13.3. The van der Waals surface area contributed by atoms with Crippen LogP contribution >= 0.6 is 57.6 Å². The van der Waals surface area contributed by atoms with Crippen molar-refractivity contribution in [1.82, 2.24) is 5.32 Å². The fourth-order valence-electron chi connectivity index (χ4n) is 3.32. The molecule has 0 aliphatic carbocycles. The number of thioether (sulfide) groups is 1. The van der Waals surface area contributed by atoms with Crippen LogP contribution in [0.1, 0.15) is 56.0 Å². The number of anilines is 1. The second-order valence-corrected chi connectivity index (χ2v) is 11.1. The van der Waals surface area contributed by atoms with Gasteiger partial charge in [0.1, 0.15) is 0 Å². The van der Waals surface area contributed by atoms with Gasteiger partial charge in [0.15, 0.2) is 10.6 Å². The van der Waals surface area contributed by atoms with Crippen LogP contribution in [-0.2, 0) is 0 Å². The first-order chi connectivity index (χ1) is 14.9. The van der Waals surface area contributed by atoms with Gasteiger partial charge in [-0.15, -0.1) is 0 Å². The first-order valence-electron chi connectivity index (χ1n) is 9.73. The van der Waals surface area contributed by atoms with Crippen LogP contribution in [0, 0.1) is 17.4 Å². The summed E-state index contributed by atoms with van der Waals surface area (Å²) in [5, 5.41) is 5.89. The lowest BCUT2D eigenvalue weighted by Crippen LogP contribution is -2.46. The van der Waals surface area contributed by atoms with Crippen LogP contribution < -0.4 is 10.6 Å². The summed E-state index contributed by atoms with van der Waals surface area (Å²) < 4.78 is 0.664. The minimum atomic E-state index is -1.20. The van der Waals surface area contributed by atoms with Crippen LogP contribution in [-0.4, -0.2) is 40.0 Å². The number of aryl methyl sites for hydroxylation is 1. The molecule has 0 aliphatic rings. The number of carbonyl (C=O) groups excluding carboxylic acids is 3. The van der Waals surface area contributed by atoms with E-state index in [1.165, 1.54) is 0 Å². The van der Waals surface area contributed by atoms with E-state index in [4.69, 9.17) is 23.2 Å². The lowest BCUT2D eigenvalue weighted by atomic mass is 9.99. The van der Waals surface area contributed by atoms with Gasteiger partial charge >= 0.3 is 0 Å². The molecule has 32 heavy (non-hydrogen) atoms. The second-order valence-electron chi connectivity index (χ2n) is 7.98. The average molecular weight is 607 g/mol. The van der Waals surface area contributed by atoms with Crippen LogP contribution in [0.25, 0.3) is 0 Å². The van der Waals surface area contributed by atoms with Gasteiger partial charge in [0.25, 0.3) is 11.8 Å². The molecule has 172 valence electrons. The first kappa shape index (κ1) is 27.0. The number of hydrogen-bond donors (Lipinski definition) is 2. The Morgan fingerprint density at radius 2 is 1.72 bits per heavy atom. The molecule has 0 spiro atoms. The maximum Gasteiger partial charge on any atom is 0.256 e. The van der Waals surface area contributed by atoms with E-state index in [-0.39, 0.29) is 11.5 Å². The van der Waals surface area contributed by atoms with E-state index in [1.807, 2.05) is 27.0 Å². The number of halogens is 3. The zero-order chi connectivity index (χ0) is 24.2. The number of carbonyl (C=O) groups is 3. The normalized spacial score (nSPS) is 11.4. The Labute approximate surface area is 216 Å². The second kappa shape index (κ2) is 11.2. The predicted octanol–water partition coefficient (Wildman–Crippen LogP) is 6.02. The summed E-state index contributed by atoms with van der Waals surface area (Å²) in [7, 11) is 0. The summed E-state index contributed by atoms with van der Waals surface area (Å²) >= 11 is 15.2. The van der Waals surface area contributed by atoms with Gasteiger partial charge < -0.3 is 10.6 Å². The molecule has 9 heteroatoms. The maximum absolute atomic E-state index is 13.3. The van der Waals surface area contributed by atoms with Gasteiger partial charge in [0.2, 0.25) is 0 Å². The molecule has 0 heterocycles. The minimum Gasteiger partial charge on any atom is -0.346 e. The molecule has 0 aliphatic heterocycles. The number of rotatable bonds is 8. The van der Waals surface area contributed by atoms with Gasteiger partial charge in [-0.2, -0.15) is 11.8 Å². The molecule has 0 atom stereocenters. The van der Waals surface area contributed by atoms with E-state index in [1.54, 1.807) is 49.0 Å². The molecule has 0 saturated heterocycles. The number of Topliss-reactive ketones (excluding diaryl/α,β-unsaturated/α-hetero) is 1. The van der Waals surface area contributed by atoms with Crippen LogP contribution in [0.2, 0.25) is 0 Å². The molecular formula is C23H25Cl2IN2O3S. The van der Waals surface area contributed by atoms with E-state index in [0.29, 0.717) is 25.9 Å². The van der Waals surface area contributed by atoms with E-state index in [9.17, 15) is 14.4 Å². The number of hydrogen-bond acceptors (Lipinski definition) is 4. The van der Waals surface area contributed by atoms with Crippen molar-refractivity contribution in [1.29, 1.82) is 0 Å². The average Bonchev–Trinajstić information content (AvgIpc) is 2.69. The predicted molar refractivity (Wildman–Crippen MR) is 143 cm³/mol. The summed E-state index contributed by atoms with van der Waals surface area (Å²) in [5.41, 5.74) is 2.27. The van der Waals surface area contributed by atoms with Crippen molar-refractivity contribution in [3.05, 3.63) is 61.7 Å². The monoisotopic (exact) mass is 606 g/mol. The van der Waals surface area contributed by atoms with E-state index < -0.39 is 22.1 Å². The fourth-order valence-corrected chi connectivity index (χ4v) is 5.09. The van der Waals surface area contributed by atoms with Crippen LogP contribution in [0.5, 0.6) is 0 Å². The molecular weight excluding hydrogens is 582 g/mol. The van der Waals surface area contributed by atoms with Crippen molar-refractivity contribution in [3.63, 3.8) is 0 Å². The van der Waals surface area contributed by atoms with Crippen molar-refractivity contribution in [2.75, 3.05) is 17.3 Å². The molecule has 2 aromatic carbocycles. The molecule has 0 bridgehead atoms. The quantitative estimate of drug-likeness (QED) is 0.219. The largest absolute Gasteiger partial charge is 0.346 e. The van der Waals surface area contributed by atoms with Crippen molar-refractivity contribution in [3.8, 4) is 0 Å². The summed E-state index contributed by atoms with van der Waals surface area (Å²) in [6.45, 7) is 7.42. The molecule has 2 aromatic rings. The van der Waals surface area contributed by atoms with Crippen LogP contribution in [0.15, 0.2) is 30.3 Å². The molecule has 0 radical (unpaired) electrons. The van der Waals surface area contributed by atoms with E-state index in [2.05, 4.69) is 33.2 Å². The zero-order valence-electron chi connectivity index (χ0n) is 18.4. The van der Waals surface area contributed by atoms with Gasteiger partial charge in [-0.25, -0.2) is 0 Å². The smallest absolute Gasteiger partial charge is 0.256 e. The molecule has 2 rings (SSSR count). The number of nitrogens with one attached hydrogen (secondary N) is 2. The number of benzene rings is 2. The van der Waals surface area contributed by atoms with Crippen molar-refractivity contribution < 1.29 is 14.4 Å². The Morgan fingerprint density at radius 1 is 1.06 bits per heavy atom. The highest BCUT2D eigenvalue weighted by Crippen LogP contribution is 2.28. The highest BCUT2D eigenvalue weighted by Gasteiger charge is 2.27. The van der Waals surface area contributed by atoms with Gasteiger partial charge in [-0.05, 0) is 79.8 Å². The van der Waals surface area contributed by atoms with Crippen LogP contribution in [0.4, 0.5) is 5.69 Å². The third-order valence-corrected chi connectivity index (χ3v) is 7.12. The number of alkyl halides is 2. The summed E-state index contributed by atoms with van der Waals surface area (Å²) in [4.78, 5) is 37.5. The van der Waals surface area contributed by atoms with Crippen molar-refractivity contribution in [2.24, 2.45) is 0 Å². The standard InChI is InChI=1S/C23H25Cl2IN2O3S/c1-12-9-10-14(19(29)20(24)25)13(2)18(12)27-21(30)15-7-6-8-16(26)17(15)22(31)28-23(3,4)11-32-5/h6-10,20H,11H2,1-5H3,(H,27,30)(H,28,31). The SMILES string of the molecule is CSCC(C)(C)NC(=O)c1c(I)cccc1C(=O)Nc1c(C)ccc(C(=O)C(Cl)Cl)c1C.